The Bertz CT molecular complexity index is 662. The Hall–Kier alpha value is -1.73. The van der Waals surface area contributed by atoms with E-state index in [-0.39, 0.29) is 16.0 Å². The number of hydrogen-bond donors (Lipinski definition) is 3. The van der Waals surface area contributed by atoms with Crippen molar-refractivity contribution in [3.05, 3.63) is 37.2 Å². The zero-order valence-electron chi connectivity index (χ0n) is 8.66. The van der Waals surface area contributed by atoms with Gasteiger partial charge in [-0.05, 0) is 24.7 Å². The minimum atomic E-state index is -0.508. The summed E-state index contributed by atoms with van der Waals surface area (Å²) in [6.45, 7) is 1.66. The molecule has 2 rings (SSSR count). The average molecular weight is 242 g/mol. The molecule has 0 spiro atoms. The summed E-state index contributed by atoms with van der Waals surface area (Å²) in [5, 5.41) is 7.32. The van der Waals surface area contributed by atoms with Gasteiger partial charge in [-0.1, -0.05) is 0 Å². The zero-order valence-corrected chi connectivity index (χ0v) is 9.47. The van der Waals surface area contributed by atoms with E-state index in [2.05, 4.69) is 9.97 Å². The van der Waals surface area contributed by atoms with E-state index in [1.807, 2.05) is 0 Å². The molecule has 0 aliphatic rings. The molecule has 0 amide bonds. The summed E-state index contributed by atoms with van der Waals surface area (Å²) >= 11 is 4.74. The second-order valence-corrected chi connectivity index (χ2v) is 3.27. The average Bonchev–Trinajstić information content (AvgIpc) is 2.18. The van der Waals surface area contributed by atoms with E-state index in [4.69, 9.17) is 21.7 Å². The molecule has 0 saturated heterocycles. The van der Waals surface area contributed by atoms with Crippen molar-refractivity contribution in [2.24, 2.45) is 0 Å². The maximum atomic E-state index is 11.4. The largest absolute Gasteiger partial charge is 0.405 e. The summed E-state index contributed by atoms with van der Waals surface area (Å²) in [7, 11) is 1.00. The van der Waals surface area contributed by atoms with Crippen molar-refractivity contribution in [2.75, 3.05) is 7.11 Å². The molecule has 0 aromatic carbocycles. The van der Waals surface area contributed by atoms with Crippen molar-refractivity contribution < 1.29 is 9.52 Å². The normalized spacial score (nSPS) is 9.69. The van der Waals surface area contributed by atoms with Crippen LogP contribution in [0.5, 0.6) is 0 Å². The molecule has 0 bridgehead atoms. The second-order valence-electron chi connectivity index (χ2n) is 2.86. The van der Waals surface area contributed by atoms with Crippen molar-refractivity contribution in [1.82, 2.24) is 9.97 Å². The fourth-order valence-corrected chi connectivity index (χ4v) is 1.46. The lowest BCUT2D eigenvalue weighted by Crippen LogP contribution is -2.12. The molecular weight excluding hydrogens is 232 g/mol. The Morgan fingerprint density at radius 2 is 1.94 bits per heavy atom. The van der Waals surface area contributed by atoms with Crippen LogP contribution in [0.1, 0.15) is 5.56 Å². The van der Waals surface area contributed by atoms with Crippen LogP contribution >= 0.6 is 12.2 Å². The highest BCUT2D eigenvalue weighted by atomic mass is 32.1. The molecule has 0 saturated carbocycles. The number of aliphatic hydroxyl groups excluding tert-OH is 1. The molecule has 7 heteroatoms. The lowest BCUT2D eigenvalue weighted by Gasteiger charge is -1.97. The Labute approximate surface area is 94.6 Å². The number of aromatic amines is 2. The van der Waals surface area contributed by atoms with Gasteiger partial charge < -0.3 is 14.5 Å². The fraction of sp³-hybridized carbons (Fsp3) is 0.222. The van der Waals surface area contributed by atoms with E-state index in [0.29, 0.717) is 10.9 Å². The minimum absolute atomic E-state index is 0.115. The van der Waals surface area contributed by atoms with Crippen LogP contribution in [-0.2, 0) is 0 Å². The molecule has 16 heavy (non-hydrogen) atoms. The molecule has 0 atom stereocenters. The summed E-state index contributed by atoms with van der Waals surface area (Å²) < 4.78 is 4.94. The van der Waals surface area contributed by atoms with Crippen molar-refractivity contribution in [2.45, 2.75) is 6.92 Å². The summed E-state index contributed by atoms with van der Waals surface area (Å²) in [5.41, 5.74) is -0.191. The number of aryl methyl sites for hydroxylation is 1. The van der Waals surface area contributed by atoms with Crippen LogP contribution in [0.4, 0.5) is 0 Å². The Morgan fingerprint density at radius 1 is 1.31 bits per heavy atom. The second kappa shape index (κ2) is 4.86. The van der Waals surface area contributed by atoms with Gasteiger partial charge in [0.1, 0.15) is 5.39 Å². The summed E-state index contributed by atoms with van der Waals surface area (Å²) in [4.78, 5) is 27.4. The van der Waals surface area contributed by atoms with Gasteiger partial charge >= 0.3 is 5.63 Å². The molecular formula is C9H10N2O4S. The standard InChI is InChI=1S/C8H6N2O3S.CH4O/c1-3-2-4(11)13-7-5(3)6(12)9-8(14)10-7;1-2/h2H,1H3,(H2,9,10,12,14);2H,1H3. The first kappa shape index (κ1) is 12.3. The molecule has 2 aromatic heterocycles. The summed E-state index contributed by atoms with van der Waals surface area (Å²) in [5.74, 6) is 0. The lowest BCUT2D eigenvalue weighted by atomic mass is 10.2. The van der Waals surface area contributed by atoms with Gasteiger partial charge in [0.25, 0.3) is 5.56 Å². The van der Waals surface area contributed by atoms with Gasteiger partial charge in [0, 0.05) is 13.2 Å². The van der Waals surface area contributed by atoms with Gasteiger partial charge in [0.15, 0.2) is 4.77 Å². The third-order valence-electron chi connectivity index (χ3n) is 1.84. The van der Waals surface area contributed by atoms with E-state index in [1.165, 1.54) is 6.07 Å². The first-order chi connectivity index (χ1) is 7.58. The summed E-state index contributed by atoms with van der Waals surface area (Å²) in [6.07, 6.45) is 0. The van der Waals surface area contributed by atoms with Gasteiger partial charge in [-0.25, -0.2) is 4.79 Å². The van der Waals surface area contributed by atoms with E-state index >= 15 is 0 Å². The van der Waals surface area contributed by atoms with Crippen LogP contribution in [0, 0.1) is 11.7 Å². The van der Waals surface area contributed by atoms with E-state index < -0.39 is 5.63 Å². The van der Waals surface area contributed by atoms with E-state index in [0.717, 1.165) is 7.11 Å². The third-order valence-corrected chi connectivity index (χ3v) is 2.04. The molecule has 0 aliphatic heterocycles. The van der Waals surface area contributed by atoms with Crippen molar-refractivity contribution in [3.8, 4) is 0 Å². The Morgan fingerprint density at radius 3 is 2.56 bits per heavy atom. The first-order valence-electron chi connectivity index (χ1n) is 4.30. The molecule has 2 heterocycles. The minimum Gasteiger partial charge on any atom is -0.405 e. The van der Waals surface area contributed by atoms with Crippen molar-refractivity contribution in [1.29, 1.82) is 0 Å². The van der Waals surface area contributed by atoms with Crippen LogP contribution in [0.3, 0.4) is 0 Å². The maximum Gasteiger partial charge on any atom is 0.337 e. The highest BCUT2D eigenvalue weighted by Crippen LogP contribution is 2.07. The van der Waals surface area contributed by atoms with Crippen LogP contribution < -0.4 is 11.2 Å². The van der Waals surface area contributed by atoms with Crippen LogP contribution in [0.2, 0.25) is 0 Å². The number of hydrogen-bond acceptors (Lipinski definition) is 5. The molecule has 0 radical (unpaired) electrons. The number of rotatable bonds is 0. The predicted molar refractivity (Wildman–Crippen MR) is 61.2 cm³/mol. The van der Waals surface area contributed by atoms with E-state index in [9.17, 15) is 9.59 Å². The Balaban J connectivity index is 0.000000606. The smallest absolute Gasteiger partial charge is 0.337 e. The van der Waals surface area contributed by atoms with Gasteiger partial charge in [0.2, 0.25) is 5.71 Å². The quantitative estimate of drug-likeness (QED) is 0.583. The molecule has 3 N–H and O–H groups in total. The Kier molecular flexibility index (Phi) is 3.75. The number of fused-ring (bicyclic) bond motifs is 1. The molecule has 0 fully saturated rings. The number of aliphatic hydroxyl groups is 1. The van der Waals surface area contributed by atoms with Gasteiger partial charge in [-0.15, -0.1) is 0 Å². The first-order valence-corrected chi connectivity index (χ1v) is 4.70. The van der Waals surface area contributed by atoms with Gasteiger partial charge in [0.05, 0.1) is 0 Å². The fourth-order valence-electron chi connectivity index (χ4n) is 1.28. The molecule has 2 aromatic rings. The van der Waals surface area contributed by atoms with Crippen LogP contribution in [0.25, 0.3) is 11.1 Å². The highest BCUT2D eigenvalue weighted by molar-refractivity contribution is 7.71. The number of H-pyrrole nitrogens is 2. The molecule has 0 aliphatic carbocycles. The van der Waals surface area contributed by atoms with Crippen LogP contribution in [0.15, 0.2) is 20.1 Å². The summed E-state index contributed by atoms with van der Waals surface area (Å²) in [6, 6.07) is 1.26. The monoisotopic (exact) mass is 242 g/mol. The topological polar surface area (TPSA) is 99.1 Å². The van der Waals surface area contributed by atoms with Gasteiger partial charge in [-0.2, -0.15) is 0 Å². The zero-order chi connectivity index (χ0) is 12.3. The van der Waals surface area contributed by atoms with Crippen molar-refractivity contribution in [3.63, 3.8) is 0 Å². The molecule has 86 valence electrons. The predicted octanol–water partition coefficient (Wildman–Crippen LogP) is 0.456. The number of nitrogens with one attached hydrogen (secondary N) is 2. The maximum absolute atomic E-state index is 11.4. The molecule has 6 nitrogen and oxygen atoms in total. The lowest BCUT2D eigenvalue weighted by molar-refractivity contribution is 0.399. The molecule has 0 unspecified atom stereocenters. The third kappa shape index (κ3) is 2.26. The van der Waals surface area contributed by atoms with Crippen molar-refractivity contribution >= 4 is 23.3 Å². The van der Waals surface area contributed by atoms with Crippen LogP contribution in [-0.4, -0.2) is 22.2 Å². The highest BCUT2D eigenvalue weighted by Gasteiger charge is 2.05. The SMILES string of the molecule is CO.Cc1cc(=O)oc2[nH]c(=S)[nH]c(=O)c12. The van der Waals surface area contributed by atoms with Gasteiger partial charge in [-0.3, -0.25) is 9.78 Å². The number of aromatic nitrogens is 2. The van der Waals surface area contributed by atoms with E-state index in [1.54, 1.807) is 6.92 Å².